The van der Waals surface area contributed by atoms with Crippen LogP contribution in [0.5, 0.6) is 0 Å². The molecule has 1 unspecified atom stereocenters. The Bertz CT molecular complexity index is 704. The molecule has 0 saturated carbocycles. The van der Waals surface area contributed by atoms with Crippen molar-refractivity contribution in [3.63, 3.8) is 0 Å². The molecule has 1 saturated heterocycles. The van der Waals surface area contributed by atoms with Crippen molar-refractivity contribution in [2.45, 2.75) is 13.3 Å². The molecule has 23 heavy (non-hydrogen) atoms. The fourth-order valence-electron chi connectivity index (χ4n) is 2.94. The highest BCUT2D eigenvalue weighted by Crippen LogP contribution is 2.29. The molecule has 0 spiro atoms. The van der Waals surface area contributed by atoms with E-state index in [1.165, 1.54) is 0 Å². The van der Waals surface area contributed by atoms with Gasteiger partial charge in [0, 0.05) is 32.0 Å². The number of aryl methyl sites for hydroxylation is 1. The number of rotatable bonds is 4. The summed E-state index contributed by atoms with van der Waals surface area (Å²) in [6.07, 6.45) is 4.40. The van der Waals surface area contributed by atoms with Crippen LogP contribution in [0.4, 0.5) is 5.69 Å². The second kappa shape index (κ2) is 7.01. The quantitative estimate of drug-likeness (QED) is 0.936. The first-order valence-electron chi connectivity index (χ1n) is 7.83. The summed E-state index contributed by atoms with van der Waals surface area (Å²) < 4.78 is 0. The van der Waals surface area contributed by atoms with Gasteiger partial charge in [-0.05, 0) is 43.0 Å². The molecular formula is C18H20ClN3O. The first-order chi connectivity index (χ1) is 11.1. The van der Waals surface area contributed by atoms with E-state index in [2.05, 4.69) is 15.2 Å². The largest absolute Gasteiger partial charge is 0.370 e. The lowest BCUT2D eigenvalue weighted by Gasteiger charge is -2.20. The van der Waals surface area contributed by atoms with Crippen molar-refractivity contribution in [1.29, 1.82) is 0 Å². The molecule has 1 aromatic carbocycles. The van der Waals surface area contributed by atoms with Crippen LogP contribution >= 0.6 is 11.6 Å². The normalized spacial score (nSPS) is 17.3. The molecule has 5 heteroatoms. The van der Waals surface area contributed by atoms with Gasteiger partial charge >= 0.3 is 0 Å². The zero-order valence-corrected chi connectivity index (χ0v) is 13.9. The Hall–Kier alpha value is -2.07. The lowest BCUT2D eigenvalue weighted by Crippen LogP contribution is -2.31. The summed E-state index contributed by atoms with van der Waals surface area (Å²) >= 11 is 6.26. The summed E-state index contributed by atoms with van der Waals surface area (Å²) in [6.45, 7) is 4.49. The Labute approximate surface area is 141 Å². The number of para-hydroxylation sites is 1. The summed E-state index contributed by atoms with van der Waals surface area (Å²) in [6, 6.07) is 9.75. The molecule has 3 rings (SSSR count). The molecule has 120 valence electrons. The van der Waals surface area contributed by atoms with Gasteiger partial charge < -0.3 is 10.2 Å². The lowest BCUT2D eigenvalue weighted by molar-refractivity contribution is 0.0948. The van der Waals surface area contributed by atoms with E-state index in [-0.39, 0.29) is 5.91 Å². The molecule has 4 nitrogen and oxygen atoms in total. The van der Waals surface area contributed by atoms with Crippen molar-refractivity contribution >= 4 is 23.2 Å². The predicted octanol–water partition coefficient (Wildman–Crippen LogP) is 3.30. The van der Waals surface area contributed by atoms with Gasteiger partial charge in [-0.25, -0.2) is 0 Å². The second-order valence-electron chi connectivity index (χ2n) is 6.01. The number of hydrogen-bond acceptors (Lipinski definition) is 3. The van der Waals surface area contributed by atoms with Gasteiger partial charge in [0.1, 0.15) is 0 Å². The fraction of sp³-hybridized carbons (Fsp3) is 0.333. The number of nitrogens with zero attached hydrogens (tertiary/aromatic N) is 2. The molecule has 1 aliphatic heterocycles. The molecule has 1 N–H and O–H groups in total. The first-order valence-corrected chi connectivity index (χ1v) is 8.20. The van der Waals surface area contributed by atoms with Crippen molar-refractivity contribution in [2.75, 3.05) is 24.5 Å². The Kier molecular flexibility index (Phi) is 4.82. The summed E-state index contributed by atoms with van der Waals surface area (Å²) in [5.74, 6) is 0.380. The Morgan fingerprint density at radius 3 is 3.00 bits per heavy atom. The number of carbonyl (C=O) groups excluding carboxylic acids is 1. The number of benzene rings is 1. The third-order valence-corrected chi connectivity index (χ3v) is 4.49. The van der Waals surface area contributed by atoms with Crippen LogP contribution in [0.2, 0.25) is 5.02 Å². The van der Waals surface area contributed by atoms with Crippen molar-refractivity contribution in [1.82, 2.24) is 10.3 Å². The first kappa shape index (κ1) is 15.8. The molecular weight excluding hydrogens is 310 g/mol. The molecule has 2 aromatic rings. The summed E-state index contributed by atoms with van der Waals surface area (Å²) in [5, 5.41) is 3.80. The third-order valence-electron chi connectivity index (χ3n) is 4.17. The van der Waals surface area contributed by atoms with Crippen molar-refractivity contribution in [3.8, 4) is 0 Å². The van der Waals surface area contributed by atoms with Crippen LogP contribution in [0.1, 0.15) is 22.3 Å². The minimum absolute atomic E-state index is 0.0580. The summed E-state index contributed by atoms with van der Waals surface area (Å²) in [4.78, 5) is 18.5. The molecule has 1 fully saturated rings. The monoisotopic (exact) mass is 329 g/mol. The second-order valence-corrected chi connectivity index (χ2v) is 6.42. The predicted molar refractivity (Wildman–Crippen MR) is 93.1 cm³/mol. The number of amides is 1. The molecule has 2 heterocycles. The Morgan fingerprint density at radius 2 is 2.22 bits per heavy atom. The van der Waals surface area contributed by atoms with Crippen LogP contribution in [0.3, 0.4) is 0 Å². The van der Waals surface area contributed by atoms with Gasteiger partial charge in [0.25, 0.3) is 5.91 Å². The molecule has 0 aliphatic carbocycles. The van der Waals surface area contributed by atoms with Gasteiger partial charge in [0.05, 0.1) is 16.3 Å². The molecule has 1 aliphatic rings. The van der Waals surface area contributed by atoms with E-state index in [1.54, 1.807) is 12.4 Å². The number of halogens is 1. The maximum absolute atomic E-state index is 12.2. The average molecular weight is 330 g/mol. The molecule has 1 aromatic heterocycles. The SMILES string of the molecule is Cc1cncc(C(=O)NCC2CCN(c3ccccc3Cl)C2)c1. The minimum Gasteiger partial charge on any atom is -0.370 e. The van der Waals surface area contributed by atoms with Crippen molar-refractivity contribution < 1.29 is 4.79 Å². The van der Waals surface area contributed by atoms with Crippen LogP contribution in [0.25, 0.3) is 0 Å². The number of aromatic nitrogens is 1. The number of hydrogen-bond donors (Lipinski definition) is 1. The maximum atomic E-state index is 12.2. The topological polar surface area (TPSA) is 45.2 Å². The van der Waals surface area contributed by atoms with Gasteiger partial charge in [-0.2, -0.15) is 0 Å². The van der Waals surface area contributed by atoms with E-state index < -0.39 is 0 Å². The van der Waals surface area contributed by atoms with Gasteiger partial charge in [0.15, 0.2) is 0 Å². The summed E-state index contributed by atoms with van der Waals surface area (Å²) in [7, 11) is 0. The van der Waals surface area contributed by atoms with E-state index in [0.717, 1.165) is 35.8 Å². The number of carbonyl (C=O) groups is 1. The number of anilines is 1. The highest BCUT2D eigenvalue weighted by Gasteiger charge is 2.24. The van der Waals surface area contributed by atoms with Crippen LogP contribution in [-0.4, -0.2) is 30.5 Å². The van der Waals surface area contributed by atoms with Gasteiger partial charge in [-0.3, -0.25) is 9.78 Å². The van der Waals surface area contributed by atoms with E-state index in [0.29, 0.717) is 18.0 Å². The fourth-order valence-corrected chi connectivity index (χ4v) is 3.20. The van der Waals surface area contributed by atoms with Crippen LogP contribution in [-0.2, 0) is 0 Å². The number of nitrogens with one attached hydrogen (secondary N) is 1. The van der Waals surface area contributed by atoms with Crippen LogP contribution in [0.15, 0.2) is 42.7 Å². The standard InChI is InChI=1S/C18H20ClN3O/c1-13-8-15(11-20-9-13)18(23)21-10-14-6-7-22(12-14)17-5-3-2-4-16(17)19/h2-5,8-9,11,14H,6-7,10,12H2,1H3,(H,21,23). The average Bonchev–Trinajstić information content (AvgIpc) is 3.02. The smallest absolute Gasteiger partial charge is 0.252 e. The molecule has 0 bridgehead atoms. The van der Waals surface area contributed by atoms with Crippen molar-refractivity contribution in [2.24, 2.45) is 5.92 Å². The van der Waals surface area contributed by atoms with E-state index in [4.69, 9.17) is 11.6 Å². The lowest BCUT2D eigenvalue weighted by atomic mass is 10.1. The van der Waals surface area contributed by atoms with E-state index >= 15 is 0 Å². The van der Waals surface area contributed by atoms with E-state index in [1.807, 2.05) is 37.3 Å². The van der Waals surface area contributed by atoms with Gasteiger partial charge in [-0.1, -0.05) is 23.7 Å². The van der Waals surface area contributed by atoms with E-state index in [9.17, 15) is 4.79 Å². The zero-order valence-electron chi connectivity index (χ0n) is 13.1. The molecule has 1 amide bonds. The van der Waals surface area contributed by atoms with Crippen molar-refractivity contribution in [3.05, 3.63) is 58.9 Å². The van der Waals surface area contributed by atoms with Gasteiger partial charge in [0.2, 0.25) is 0 Å². The van der Waals surface area contributed by atoms with Gasteiger partial charge in [-0.15, -0.1) is 0 Å². The van der Waals surface area contributed by atoms with Crippen LogP contribution in [0, 0.1) is 12.8 Å². The maximum Gasteiger partial charge on any atom is 0.252 e. The minimum atomic E-state index is -0.0580. The number of pyridine rings is 1. The third kappa shape index (κ3) is 3.82. The Balaban J connectivity index is 1.54. The van der Waals surface area contributed by atoms with Crippen LogP contribution < -0.4 is 10.2 Å². The molecule has 0 radical (unpaired) electrons. The molecule has 1 atom stereocenters. The summed E-state index contributed by atoms with van der Waals surface area (Å²) in [5.41, 5.74) is 2.68. The Morgan fingerprint density at radius 1 is 1.39 bits per heavy atom. The highest BCUT2D eigenvalue weighted by atomic mass is 35.5. The highest BCUT2D eigenvalue weighted by molar-refractivity contribution is 6.33. The zero-order chi connectivity index (χ0) is 16.2.